The van der Waals surface area contributed by atoms with E-state index in [1.807, 2.05) is 13.0 Å². The van der Waals surface area contributed by atoms with E-state index in [4.69, 9.17) is 0 Å². The summed E-state index contributed by atoms with van der Waals surface area (Å²) >= 11 is 4.26. The molecule has 0 bridgehead atoms. The Labute approximate surface area is 147 Å². The lowest BCUT2D eigenvalue weighted by molar-refractivity contribution is -0.117. The second-order valence-corrected chi connectivity index (χ2v) is 8.03. The first-order valence-electron chi connectivity index (χ1n) is 6.67. The van der Waals surface area contributed by atoms with Crippen molar-refractivity contribution in [2.75, 3.05) is 11.5 Å². The molecule has 1 N–H and O–H groups in total. The molecule has 0 aliphatic heterocycles. The van der Waals surface area contributed by atoms with Gasteiger partial charge in [-0.25, -0.2) is 0 Å². The van der Waals surface area contributed by atoms with Gasteiger partial charge >= 0.3 is 0 Å². The number of thioether (sulfide) groups is 2. The van der Waals surface area contributed by atoms with Gasteiger partial charge in [-0.15, -0.1) is 10.2 Å². The van der Waals surface area contributed by atoms with Gasteiger partial charge in [-0.1, -0.05) is 65.2 Å². The van der Waals surface area contributed by atoms with Gasteiger partial charge in [-0.3, -0.25) is 14.9 Å². The third-order valence-corrected chi connectivity index (χ3v) is 5.87. The fourth-order valence-electron chi connectivity index (χ4n) is 1.45. The summed E-state index contributed by atoms with van der Waals surface area (Å²) in [6.45, 7) is 5.79. The van der Waals surface area contributed by atoms with Crippen LogP contribution in [-0.4, -0.2) is 33.5 Å². The highest BCUT2D eigenvalue weighted by atomic mass is 32.2. The van der Waals surface area contributed by atoms with Crippen LogP contribution in [-0.2, 0) is 4.79 Å². The zero-order chi connectivity index (χ0) is 16.7. The molecule has 2 amide bonds. The van der Waals surface area contributed by atoms with E-state index in [9.17, 15) is 9.59 Å². The lowest BCUT2D eigenvalue weighted by Gasteiger charge is -2.02. The lowest BCUT2D eigenvalue weighted by Crippen LogP contribution is -2.31. The monoisotopic (exact) mass is 365 g/mol. The summed E-state index contributed by atoms with van der Waals surface area (Å²) < 4.78 is 1.55. The minimum absolute atomic E-state index is 0.123. The van der Waals surface area contributed by atoms with Gasteiger partial charge in [-0.2, -0.15) is 0 Å². The van der Waals surface area contributed by atoms with Gasteiger partial charge in [0.15, 0.2) is 8.68 Å². The van der Waals surface area contributed by atoms with Crippen molar-refractivity contribution in [2.45, 2.75) is 15.6 Å². The largest absolute Gasteiger partial charge is 0.292 e. The Morgan fingerprint density at radius 2 is 1.74 bits per heavy atom. The summed E-state index contributed by atoms with van der Waals surface area (Å²) in [6.07, 6.45) is 0. The minimum atomic E-state index is -0.397. The first-order chi connectivity index (χ1) is 11.0. The topological polar surface area (TPSA) is 72.0 Å². The Morgan fingerprint density at radius 3 is 2.35 bits per heavy atom. The molecule has 2 aromatic rings. The second-order valence-electron chi connectivity index (χ2n) is 4.61. The molecule has 120 valence electrons. The zero-order valence-corrected chi connectivity index (χ0v) is 14.9. The number of hydrogen-bond acceptors (Lipinski definition) is 7. The summed E-state index contributed by atoms with van der Waals surface area (Å²) in [5, 5.41) is 10.4. The van der Waals surface area contributed by atoms with Gasteiger partial charge in [0.1, 0.15) is 0 Å². The maximum absolute atomic E-state index is 11.8. The molecular weight excluding hydrogens is 350 g/mol. The van der Waals surface area contributed by atoms with Crippen LogP contribution < -0.4 is 5.32 Å². The minimum Gasteiger partial charge on any atom is -0.292 e. The van der Waals surface area contributed by atoms with Crippen molar-refractivity contribution in [3.05, 3.63) is 48.0 Å². The Kier molecular flexibility index (Phi) is 6.82. The molecule has 0 spiro atoms. The van der Waals surface area contributed by atoms with Crippen molar-refractivity contribution < 1.29 is 9.59 Å². The second kappa shape index (κ2) is 8.85. The number of amides is 2. The van der Waals surface area contributed by atoms with Crippen LogP contribution in [0, 0.1) is 0 Å². The smallest absolute Gasteiger partial charge is 0.257 e. The first kappa shape index (κ1) is 17.7. The third-order valence-electron chi connectivity index (χ3n) is 2.45. The molecule has 5 nitrogen and oxygen atoms in total. The normalized spacial score (nSPS) is 10.3. The van der Waals surface area contributed by atoms with Crippen LogP contribution in [0.2, 0.25) is 0 Å². The SMILES string of the molecule is C=C(C)CSc1nnc(SCC(=O)NC(=O)c2ccccc2)s1. The number of aromatic nitrogens is 2. The fraction of sp³-hybridized carbons (Fsp3) is 0.200. The average Bonchev–Trinajstić information content (AvgIpc) is 3.00. The molecule has 1 aromatic carbocycles. The molecular formula is C15H15N3O2S3. The Morgan fingerprint density at radius 1 is 1.13 bits per heavy atom. The van der Waals surface area contributed by atoms with Crippen LogP contribution in [0.5, 0.6) is 0 Å². The van der Waals surface area contributed by atoms with E-state index in [0.717, 1.165) is 15.7 Å². The molecule has 0 unspecified atom stereocenters. The van der Waals surface area contributed by atoms with Crippen molar-refractivity contribution in [1.29, 1.82) is 0 Å². The van der Waals surface area contributed by atoms with Gasteiger partial charge in [0.05, 0.1) is 5.75 Å². The molecule has 0 saturated heterocycles. The van der Waals surface area contributed by atoms with E-state index in [-0.39, 0.29) is 11.7 Å². The van der Waals surface area contributed by atoms with E-state index >= 15 is 0 Å². The number of benzene rings is 1. The number of rotatable bonds is 7. The number of nitrogens with one attached hydrogen (secondary N) is 1. The van der Waals surface area contributed by atoms with E-state index < -0.39 is 5.91 Å². The predicted molar refractivity (Wildman–Crippen MR) is 95.1 cm³/mol. The summed E-state index contributed by atoms with van der Waals surface area (Å²) in [6, 6.07) is 8.63. The van der Waals surface area contributed by atoms with Crippen molar-refractivity contribution in [3.8, 4) is 0 Å². The van der Waals surface area contributed by atoms with E-state index in [1.165, 1.54) is 23.1 Å². The summed E-state index contributed by atoms with van der Waals surface area (Å²) in [7, 11) is 0. The maximum Gasteiger partial charge on any atom is 0.257 e. The molecule has 1 heterocycles. The van der Waals surface area contributed by atoms with Gasteiger partial charge in [0.25, 0.3) is 5.91 Å². The summed E-state index contributed by atoms with van der Waals surface area (Å²) in [5.74, 6) is 0.172. The van der Waals surface area contributed by atoms with Gasteiger partial charge in [0.2, 0.25) is 5.91 Å². The number of carbonyl (C=O) groups excluding carboxylic acids is 2. The van der Waals surface area contributed by atoms with Crippen molar-refractivity contribution >= 4 is 46.7 Å². The molecule has 23 heavy (non-hydrogen) atoms. The number of imide groups is 1. The van der Waals surface area contributed by atoms with E-state index in [2.05, 4.69) is 22.1 Å². The summed E-state index contributed by atoms with van der Waals surface area (Å²) in [5.41, 5.74) is 1.53. The molecule has 0 fully saturated rings. The molecule has 0 saturated carbocycles. The average molecular weight is 366 g/mol. The van der Waals surface area contributed by atoms with E-state index in [1.54, 1.807) is 36.0 Å². The zero-order valence-electron chi connectivity index (χ0n) is 12.4. The highest BCUT2D eigenvalue weighted by molar-refractivity contribution is 8.03. The van der Waals surface area contributed by atoms with Crippen molar-refractivity contribution in [3.63, 3.8) is 0 Å². The standard InChI is InChI=1S/C15H15N3O2S3/c1-10(2)8-21-14-17-18-15(23-14)22-9-12(19)16-13(20)11-6-4-3-5-7-11/h3-7H,1,8-9H2,2H3,(H,16,19,20). The first-order valence-corrected chi connectivity index (χ1v) is 9.46. The van der Waals surface area contributed by atoms with Crippen LogP contribution in [0.25, 0.3) is 0 Å². The fourth-order valence-corrected chi connectivity index (χ4v) is 4.11. The molecule has 8 heteroatoms. The molecule has 0 atom stereocenters. The van der Waals surface area contributed by atoms with Crippen LogP contribution in [0.1, 0.15) is 17.3 Å². The van der Waals surface area contributed by atoms with Gasteiger partial charge in [-0.05, 0) is 19.1 Å². The van der Waals surface area contributed by atoms with Crippen molar-refractivity contribution in [2.24, 2.45) is 0 Å². The molecule has 1 aromatic heterocycles. The van der Waals surface area contributed by atoms with Gasteiger partial charge in [0, 0.05) is 11.3 Å². The van der Waals surface area contributed by atoms with Crippen LogP contribution in [0.4, 0.5) is 0 Å². The maximum atomic E-state index is 11.8. The van der Waals surface area contributed by atoms with Gasteiger partial charge < -0.3 is 0 Å². The third kappa shape index (κ3) is 6.17. The number of hydrogen-bond donors (Lipinski definition) is 1. The molecule has 0 aliphatic carbocycles. The Bertz CT molecular complexity index is 701. The molecule has 2 rings (SSSR count). The Hall–Kier alpha value is -1.64. The highest BCUT2D eigenvalue weighted by Crippen LogP contribution is 2.29. The molecule has 0 radical (unpaired) electrons. The lowest BCUT2D eigenvalue weighted by atomic mass is 10.2. The number of nitrogens with zero attached hydrogens (tertiary/aromatic N) is 2. The predicted octanol–water partition coefficient (Wildman–Crippen LogP) is 3.26. The Balaban J connectivity index is 1.78. The van der Waals surface area contributed by atoms with Crippen molar-refractivity contribution in [1.82, 2.24) is 15.5 Å². The number of carbonyl (C=O) groups is 2. The van der Waals surface area contributed by atoms with E-state index in [0.29, 0.717) is 9.90 Å². The molecule has 0 aliphatic rings. The van der Waals surface area contributed by atoms with Crippen LogP contribution in [0.3, 0.4) is 0 Å². The van der Waals surface area contributed by atoms with Crippen LogP contribution >= 0.6 is 34.9 Å². The summed E-state index contributed by atoms with van der Waals surface area (Å²) in [4.78, 5) is 23.7. The quantitative estimate of drug-likeness (QED) is 0.600. The highest BCUT2D eigenvalue weighted by Gasteiger charge is 2.12. The van der Waals surface area contributed by atoms with Crippen LogP contribution in [0.15, 0.2) is 51.2 Å².